The van der Waals surface area contributed by atoms with Gasteiger partial charge in [0.15, 0.2) is 0 Å². The Labute approximate surface area is 162 Å². The third kappa shape index (κ3) is 5.02. The van der Waals surface area contributed by atoms with Crippen LogP contribution in [0.25, 0.3) is 0 Å². The topological polar surface area (TPSA) is 64.6 Å². The predicted molar refractivity (Wildman–Crippen MR) is 108 cm³/mol. The van der Waals surface area contributed by atoms with Crippen LogP contribution in [0.3, 0.4) is 0 Å². The number of sulfonamides is 1. The molecule has 148 valence electrons. The first kappa shape index (κ1) is 21.3. The maximum absolute atomic E-state index is 12.9. The van der Waals surface area contributed by atoms with Gasteiger partial charge in [-0.05, 0) is 42.0 Å². The quantitative estimate of drug-likeness (QED) is 0.676. The van der Waals surface area contributed by atoms with Gasteiger partial charge in [0.1, 0.15) is 16.4 Å². The van der Waals surface area contributed by atoms with Crippen molar-refractivity contribution in [3.05, 3.63) is 53.6 Å². The van der Waals surface area contributed by atoms with Crippen LogP contribution in [-0.2, 0) is 10.0 Å². The molecule has 1 N–H and O–H groups in total. The Morgan fingerprint density at radius 1 is 0.926 bits per heavy atom. The highest BCUT2D eigenvalue weighted by molar-refractivity contribution is 7.89. The minimum absolute atomic E-state index is 0.0977. The lowest BCUT2D eigenvalue weighted by atomic mass is 9.96. The molecule has 0 saturated heterocycles. The molecule has 0 saturated carbocycles. The van der Waals surface area contributed by atoms with Crippen LogP contribution < -0.4 is 14.2 Å². The van der Waals surface area contributed by atoms with E-state index in [9.17, 15) is 8.42 Å². The second-order valence-corrected chi connectivity index (χ2v) is 8.26. The van der Waals surface area contributed by atoms with E-state index in [-0.39, 0.29) is 16.7 Å². The molecule has 0 bridgehead atoms. The molecular weight excluding hydrogens is 362 g/mol. The van der Waals surface area contributed by atoms with Crippen LogP contribution in [0.5, 0.6) is 11.5 Å². The summed E-state index contributed by atoms with van der Waals surface area (Å²) in [6, 6.07) is 12.5. The van der Waals surface area contributed by atoms with E-state index in [2.05, 4.69) is 30.7 Å². The largest absolute Gasteiger partial charge is 0.497 e. The number of rotatable bonds is 9. The first-order valence-electron chi connectivity index (χ1n) is 9.20. The minimum atomic E-state index is -3.75. The van der Waals surface area contributed by atoms with E-state index in [1.807, 2.05) is 19.1 Å². The third-order valence-corrected chi connectivity index (χ3v) is 6.40. The Morgan fingerprint density at radius 3 is 2.07 bits per heavy atom. The van der Waals surface area contributed by atoms with Gasteiger partial charge in [-0.3, -0.25) is 0 Å². The van der Waals surface area contributed by atoms with E-state index >= 15 is 0 Å². The molecule has 0 aliphatic rings. The summed E-state index contributed by atoms with van der Waals surface area (Å²) in [7, 11) is -0.781. The average Bonchev–Trinajstić information content (AvgIpc) is 2.70. The highest BCUT2D eigenvalue weighted by Gasteiger charge is 2.24. The average molecular weight is 392 g/mol. The van der Waals surface area contributed by atoms with Gasteiger partial charge in [0.05, 0.1) is 14.2 Å². The zero-order valence-corrected chi connectivity index (χ0v) is 17.5. The van der Waals surface area contributed by atoms with E-state index in [4.69, 9.17) is 9.47 Å². The van der Waals surface area contributed by atoms with Gasteiger partial charge >= 0.3 is 0 Å². The van der Waals surface area contributed by atoms with Crippen molar-refractivity contribution in [1.29, 1.82) is 0 Å². The van der Waals surface area contributed by atoms with Gasteiger partial charge in [-0.1, -0.05) is 45.0 Å². The first-order valence-corrected chi connectivity index (χ1v) is 10.7. The Bertz CT molecular complexity index is 847. The number of nitrogens with one attached hydrogen (secondary N) is 1. The summed E-state index contributed by atoms with van der Waals surface area (Å²) in [5.41, 5.74) is 2.20. The molecule has 0 amide bonds. The number of methoxy groups -OCH3 is 2. The van der Waals surface area contributed by atoms with Crippen LogP contribution in [0.2, 0.25) is 0 Å². The maximum atomic E-state index is 12.9. The van der Waals surface area contributed by atoms with Crippen LogP contribution in [0.4, 0.5) is 0 Å². The highest BCUT2D eigenvalue weighted by Crippen LogP contribution is 2.30. The van der Waals surface area contributed by atoms with E-state index in [1.165, 1.54) is 25.8 Å². The van der Waals surface area contributed by atoms with Crippen molar-refractivity contribution in [3.63, 3.8) is 0 Å². The molecule has 5 nitrogen and oxygen atoms in total. The molecule has 2 atom stereocenters. The lowest BCUT2D eigenvalue weighted by molar-refractivity contribution is 0.385. The minimum Gasteiger partial charge on any atom is -0.497 e. The van der Waals surface area contributed by atoms with Crippen LogP contribution in [0.1, 0.15) is 56.7 Å². The standard InChI is InChI=1S/C21H29NO4S/c1-6-15(3)16-8-10-17(11-9-16)19(7-2)22-27(23,24)21-13-12-18(25-4)14-20(21)26-5/h8-15,19,22H,6-7H2,1-5H3. The Balaban J connectivity index is 2.29. The van der Waals surface area contributed by atoms with Gasteiger partial charge in [0, 0.05) is 12.1 Å². The van der Waals surface area contributed by atoms with E-state index in [0.717, 1.165) is 12.0 Å². The zero-order valence-electron chi connectivity index (χ0n) is 16.7. The smallest absolute Gasteiger partial charge is 0.244 e. The molecule has 2 aromatic rings. The van der Waals surface area contributed by atoms with Crippen molar-refractivity contribution >= 4 is 10.0 Å². The van der Waals surface area contributed by atoms with Gasteiger partial charge < -0.3 is 9.47 Å². The van der Waals surface area contributed by atoms with Gasteiger partial charge in [0.2, 0.25) is 10.0 Å². The first-order chi connectivity index (χ1) is 12.9. The van der Waals surface area contributed by atoms with Crippen LogP contribution >= 0.6 is 0 Å². The number of benzene rings is 2. The molecule has 0 radical (unpaired) electrons. The lowest BCUT2D eigenvalue weighted by Crippen LogP contribution is -2.28. The van der Waals surface area contributed by atoms with Crippen molar-refractivity contribution in [2.24, 2.45) is 0 Å². The fourth-order valence-electron chi connectivity index (χ4n) is 2.93. The predicted octanol–water partition coefficient (Wildman–Crippen LogP) is 4.65. The van der Waals surface area contributed by atoms with Crippen molar-refractivity contribution in [3.8, 4) is 11.5 Å². The third-order valence-electron chi connectivity index (χ3n) is 4.89. The van der Waals surface area contributed by atoms with Gasteiger partial charge in [-0.25, -0.2) is 13.1 Å². The van der Waals surface area contributed by atoms with E-state index < -0.39 is 10.0 Å². The maximum Gasteiger partial charge on any atom is 0.244 e. The molecule has 27 heavy (non-hydrogen) atoms. The molecule has 0 heterocycles. The summed E-state index contributed by atoms with van der Waals surface area (Å²) in [4.78, 5) is 0.0977. The Hall–Kier alpha value is -2.05. The molecule has 0 aromatic heterocycles. The number of ether oxygens (including phenoxy) is 2. The normalized spacial score (nSPS) is 13.8. The van der Waals surface area contributed by atoms with E-state index in [1.54, 1.807) is 12.1 Å². The van der Waals surface area contributed by atoms with Crippen molar-refractivity contribution in [2.45, 2.75) is 50.5 Å². The fourth-order valence-corrected chi connectivity index (χ4v) is 4.39. The lowest BCUT2D eigenvalue weighted by Gasteiger charge is -2.20. The second kappa shape index (κ2) is 9.24. The molecule has 0 aliphatic heterocycles. The Morgan fingerprint density at radius 2 is 1.56 bits per heavy atom. The fraction of sp³-hybridized carbons (Fsp3) is 0.429. The van der Waals surface area contributed by atoms with Crippen molar-refractivity contribution in [1.82, 2.24) is 4.72 Å². The van der Waals surface area contributed by atoms with Gasteiger partial charge in [-0.15, -0.1) is 0 Å². The highest BCUT2D eigenvalue weighted by atomic mass is 32.2. The molecule has 0 fully saturated rings. The summed E-state index contributed by atoms with van der Waals surface area (Å²) in [6.45, 7) is 6.30. The summed E-state index contributed by atoms with van der Waals surface area (Å²) < 4.78 is 39.1. The summed E-state index contributed by atoms with van der Waals surface area (Å²) in [5, 5.41) is 0. The van der Waals surface area contributed by atoms with Crippen molar-refractivity contribution in [2.75, 3.05) is 14.2 Å². The Kier molecular flexibility index (Phi) is 7.27. The molecule has 0 aliphatic carbocycles. The van der Waals surface area contributed by atoms with Crippen LogP contribution in [0, 0.1) is 0 Å². The van der Waals surface area contributed by atoms with Crippen molar-refractivity contribution < 1.29 is 17.9 Å². The molecule has 0 spiro atoms. The molecule has 2 aromatic carbocycles. The summed E-state index contributed by atoms with van der Waals surface area (Å²) in [5.74, 6) is 1.28. The van der Waals surface area contributed by atoms with Gasteiger partial charge in [0.25, 0.3) is 0 Å². The molecule has 6 heteroatoms. The van der Waals surface area contributed by atoms with Crippen LogP contribution in [0.15, 0.2) is 47.4 Å². The second-order valence-electron chi connectivity index (χ2n) is 6.57. The summed E-state index contributed by atoms with van der Waals surface area (Å²) >= 11 is 0. The summed E-state index contributed by atoms with van der Waals surface area (Å²) in [6.07, 6.45) is 1.71. The van der Waals surface area contributed by atoms with Gasteiger partial charge in [-0.2, -0.15) is 0 Å². The number of hydrogen-bond acceptors (Lipinski definition) is 4. The zero-order chi connectivity index (χ0) is 20.0. The number of hydrogen-bond donors (Lipinski definition) is 1. The molecule has 2 unspecified atom stereocenters. The molecular formula is C21H29NO4S. The van der Waals surface area contributed by atoms with E-state index in [0.29, 0.717) is 18.1 Å². The molecule has 2 rings (SSSR count). The van der Waals surface area contributed by atoms with Crippen LogP contribution in [-0.4, -0.2) is 22.6 Å². The SMILES string of the molecule is CCC(C)c1ccc(C(CC)NS(=O)(=O)c2ccc(OC)cc2OC)cc1. The monoisotopic (exact) mass is 391 g/mol.